The van der Waals surface area contributed by atoms with Crippen molar-refractivity contribution in [1.29, 1.82) is 0 Å². The van der Waals surface area contributed by atoms with Crippen molar-refractivity contribution in [1.82, 2.24) is 5.32 Å². The van der Waals surface area contributed by atoms with E-state index in [1.54, 1.807) is 14.2 Å². The molecule has 0 radical (unpaired) electrons. The molecule has 0 fully saturated rings. The molecule has 0 aliphatic carbocycles. The monoisotopic (exact) mass is 343 g/mol. The Bertz CT molecular complexity index is 410. The van der Waals surface area contributed by atoms with Gasteiger partial charge in [0.05, 0.1) is 14.2 Å². The number of benzene rings is 1. The van der Waals surface area contributed by atoms with Gasteiger partial charge in [0.25, 0.3) is 0 Å². The van der Waals surface area contributed by atoms with Gasteiger partial charge in [-0.05, 0) is 31.2 Å². The lowest BCUT2D eigenvalue weighted by Crippen LogP contribution is -2.17. The van der Waals surface area contributed by atoms with Gasteiger partial charge >= 0.3 is 0 Å². The average Bonchev–Trinajstić information content (AvgIpc) is 2.47. The van der Waals surface area contributed by atoms with Crippen molar-refractivity contribution < 1.29 is 9.47 Å². The quantitative estimate of drug-likeness (QED) is 0.659. The van der Waals surface area contributed by atoms with Crippen LogP contribution in [0.15, 0.2) is 16.6 Å². The normalized spacial score (nSPS) is 12.2. The first kappa shape index (κ1) is 17.3. The van der Waals surface area contributed by atoms with Gasteiger partial charge in [0, 0.05) is 10.5 Å². The van der Waals surface area contributed by atoms with Crippen LogP contribution in [-0.2, 0) is 0 Å². The standard InChI is InChI=1S/C16H26BrNO2/c1-5-6-7-8-9-14(18-2)12-10-15(19-3)16(20-4)11-13(12)17/h10-11,14,18H,5-9H2,1-4H3. The molecule has 1 N–H and O–H groups in total. The first-order chi connectivity index (χ1) is 9.67. The molecular weight excluding hydrogens is 318 g/mol. The molecular formula is C16H26BrNO2. The third-order valence-corrected chi connectivity index (χ3v) is 4.26. The van der Waals surface area contributed by atoms with Crippen molar-refractivity contribution in [2.75, 3.05) is 21.3 Å². The highest BCUT2D eigenvalue weighted by Gasteiger charge is 2.16. The van der Waals surface area contributed by atoms with Gasteiger partial charge in [-0.15, -0.1) is 0 Å². The van der Waals surface area contributed by atoms with Crippen molar-refractivity contribution in [3.05, 3.63) is 22.2 Å². The number of nitrogens with one attached hydrogen (secondary N) is 1. The summed E-state index contributed by atoms with van der Waals surface area (Å²) in [5, 5.41) is 3.40. The third kappa shape index (κ3) is 4.67. The molecule has 3 nitrogen and oxygen atoms in total. The Morgan fingerprint density at radius 2 is 1.75 bits per heavy atom. The summed E-state index contributed by atoms with van der Waals surface area (Å²) in [5.74, 6) is 1.53. The van der Waals surface area contributed by atoms with Gasteiger partial charge in [0.2, 0.25) is 0 Å². The van der Waals surface area contributed by atoms with Crippen LogP contribution in [0.25, 0.3) is 0 Å². The molecule has 1 aromatic rings. The second kappa shape index (κ2) is 9.24. The molecule has 1 atom stereocenters. The smallest absolute Gasteiger partial charge is 0.161 e. The highest BCUT2D eigenvalue weighted by molar-refractivity contribution is 9.10. The Kier molecular flexibility index (Phi) is 8.00. The van der Waals surface area contributed by atoms with Gasteiger partial charge in [-0.2, -0.15) is 0 Å². The highest BCUT2D eigenvalue weighted by atomic mass is 79.9. The van der Waals surface area contributed by atoms with E-state index >= 15 is 0 Å². The van der Waals surface area contributed by atoms with Gasteiger partial charge in [0.15, 0.2) is 11.5 Å². The highest BCUT2D eigenvalue weighted by Crippen LogP contribution is 2.37. The molecule has 1 unspecified atom stereocenters. The second-order valence-corrected chi connectivity index (χ2v) is 5.77. The van der Waals surface area contributed by atoms with Crippen LogP contribution < -0.4 is 14.8 Å². The van der Waals surface area contributed by atoms with Crippen LogP contribution in [0, 0.1) is 0 Å². The fraction of sp³-hybridized carbons (Fsp3) is 0.625. The number of methoxy groups -OCH3 is 2. The number of halogens is 1. The fourth-order valence-corrected chi connectivity index (χ4v) is 2.97. The molecule has 0 amide bonds. The minimum Gasteiger partial charge on any atom is -0.493 e. The third-order valence-electron chi connectivity index (χ3n) is 3.57. The molecule has 4 heteroatoms. The molecule has 0 aliphatic heterocycles. The summed E-state index contributed by atoms with van der Waals surface area (Å²) < 4.78 is 11.8. The van der Waals surface area contributed by atoms with Gasteiger partial charge in [-0.1, -0.05) is 48.5 Å². The van der Waals surface area contributed by atoms with Crippen LogP contribution in [0.1, 0.15) is 50.6 Å². The zero-order valence-corrected chi connectivity index (χ0v) is 14.5. The van der Waals surface area contributed by atoms with Crippen LogP contribution in [0.2, 0.25) is 0 Å². The lowest BCUT2D eigenvalue weighted by atomic mass is 9.99. The van der Waals surface area contributed by atoms with Gasteiger partial charge in [-0.3, -0.25) is 0 Å². The number of hydrogen-bond acceptors (Lipinski definition) is 3. The Morgan fingerprint density at radius 1 is 1.10 bits per heavy atom. The van der Waals surface area contributed by atoms with E-state index in [-0.39, 0.29) is 0 Å². The molecule has 1 aromatic carbocycles. The Hall–Kier alpha value is -0.740. The predicted octanol–water partition coefficient (Wildman–Crippen LogP) is 4.70. The first-order valence-corrected chi connectivity index (χ1v) is 8.05. The van der Waals surface area contributed by atoms with Gasteiger partial charge in [-0.25, -0.2) is 0 Å². The van der Waals surface area contributed by atoms with Gasteiger partial charge in [0.1, 0.15) is 0 Å². The molecule has 0 bridgehead atoms. The summed E-state index contributed by atoms with van der Waals surface area (Å²) in [4.78, 5) is 0. The van der Waals surface area contributed by atoms with Crippen molar-refractivity contribution in [2.24, 2.45) is 0 Å². The SMILES string of the molecule is CCCCCCC(NC)c1cc(OC)c(OC)cc1Br. The molecule has 0 saturated heterocycles. The van der Waals surface area contributed by atoms with E-state index in [1.807, 2.05) is 13.1 Å². The van der Waals surface area contributed by atoms with E-state index in [0.29, 0.717) is 6.04 Å². The number of unbranched alkanes of at least 4 members (excludes halogenated alkanes) is 3. The predicted molar refractivity (Wildman–Crippen MR) is 87.8 cm³/mol. The lowest BCUT2D eigenvalue weighted by molar-refractivity contribution is 0.353. The Labute approximate surface area is 131 Å². The maximum atomic E-state index is 5.40. The maximum absolute atomic E-state index is 5.40. The van der Waals surface area contributed by atoms with Gasteiger partial charge < -0.3 is 14.8 Å². The molecule has 0 aliphatic rings. The topological polar surface area (TPSA) is 30.5 Å². The summed E-state index contributed by atoms with van der Waals surface area (Å²) in [6.07, 6.45) is 6.23. The van der Waals surface area contributed by atoms with Crippen molar-refractivity contribution in [3.8, 4) is 11.5 Å². The molecule has 0 heterocycles. The second-order valence-electron chi connectivity index (χ2n) is 4.92. The van der Waals surface area contributed by atoms with Crippen LogP contribution in [0.3, 0.4) is 0 Å². The minimum atomic E-state index is 0.334. The number of rotatable bonds is 9. The van der Waals surface area contributed by atoms with E-state index in [4.69, 9.17) is 9.47 Å². The Balaban J connectivity index is 2.85. The van der Waals surface area contributed by atoms with E-state index in [0.717, 1.165) is 22.4 Å². The molecule has 0 aromatic heterocycles. The molecule has 20 heavy (non-hydrogen) atoms. The average molecular weight is 344 g/mol. The van der Waals surface area contributed by atoms with E-state index < -0.39 is 0 Å². The summed E-state index contributed by atoms with van der Waals surface area (Å²) >= 11 is 3.64. The van der Waals surface area contributed by atoms with E-state index in [9.17, 15) is 0 Å². The zero-order valence-electron chi connectivity index (χ0n) is 13.0. The summed E-state index contributed by atoms with van der Waals surface area (Å²) in [6.45, 7) is 2.24. The van der Waals surface area contributed by atoms with Crippen molar-refractivity contribution in [2.45, 2.75) is 45.1 Å². The molecule has 0 saturated carbocycles. The van der Waals surface area contributed by atoms with Crippen LogP contribution >= 0.6 is 15.9 Å². The largest absolute Gasteiger partial charge is 0.493 e. The number of hydrogen-bond donors (Lipinski definition) is 1. The fourth-order valence-electron chi connectivity index (χ4n) is 2.37. The summed E-state index contributed by atoms with van der Waals surface area (Å²) in [7, 11) is 5.34. The minimum absolute atomic E-state index is 0.334. The maximum Gasteiger partial charge on any atom is 0.161 e. The van der Waals surface area contributed by atoms with E-state index in [2.05, 4.69) is 34.2 Å². The summed E-state index contributed by atoms with van der Waals surface area (Å²) in [5.41, 5.74) is 1.22. The molecule has 1 rings (SSSR count). The van der Waals surface area contributed by atoms with Crippen molar-refractivity contribution in [3.63, 3.8) is 0 Å². The van der Waals surface area contributed by atoms with Crippen molar-refractivity contribution >= 4 is 15.9 Å². The number of ether oxygens (including phenoxy) is 2. The summed E-state index contributed by atoms with van der Waals surface area (Å²) in [6, 6.07) is 4.37. The Morgan fingerprint density at radius 3 is 2.30 bits per heavy atom. The molecule has 114 valence electrons. The first-order valence-electron chi connectivity index (χ1n) is 7.26. The van der Waals surface area contributed by atoms with E-state index in [1.165, 1.54) is 31.2 Å². The lowest BCUT2D eigenvalue weighted by Gasteiger charge is -2.20. The van der Waals surface area contributed by atoms with Crippen LogP contribution in [0.4, 0.5) is 0 Å². The molecule has 0 spiro atoms. The van der Waals surface area contributed by atoms with Crippen LogP contribution in [0.5, 0.6) is 11.5 Å². The van der Waals surface area contributed by atoms with Crippen LogP contribution in [-0.4, -0.2) is 21.3 Å². The zero-order chi connectivity index (χ0) is 15.0.